The average Bonchev–Trinajstić information content (AvgIpc) is 2.52. The second-order valence-corrected chi connectivity index (χ2v) is 5.58. The van der Waals surface area contributed by atoms with E-state index in [1.54, 1.807) is 6.20 Å². The van der Waals surface area contributed by atoms with Crippen LogP contribution in [0, 0.1) is 0 Å². The lowest BCUT2D eigenvalue weighted by Gasteiger charge is -2.26. The van der Waals surface area contributed by atoms with Crippen LogP contribution >= 0.6 is 0 Å². The van der Waals surface area contributed by atoms with E-state index in [9.17, 15) is 4.79 Å². The molecule has 1 aliphatic rings. The van der Waals surface area contributed by atoms with Gasteiger partial charge in [0, 0.05) is 30.9 Å². The van der Waals surface area contributed by atoms with E-state index >= 15 is 0 Å². The summed E-state index contributed by atoms with van der Waals surface area (Å²) in [6.45, 7) is 1.15. The first-order valence-corrected chi connectivity index (χ1v) is 7.78. The van der Waals surface area contributed by atoms with E-state index < -0.39 is 0 Å². The zero-order chi connectivity index (χ0) is 14.9. The molecule has 116 valence electrons. The average molecular weight is 291 g/mol. The molecule has 1 aromatic rings. The number of aromatic nitrogens is 1. The van der Waals surface area contributed by atoms with Gasteiger partial charge in [0.25, 0.3) is 0 Å². The van der Waals surface area contributed by atoms with Gasteiger partial charge in [0.15, 0.2) is 0 Å². The monoisotopic (exact) mass is 291 g/mol. The molecule has 0 saturated heterocycles. The van der Waals surface area contributed by atoms with Crippen LogP contribution in [0.2, 0.25) is 0 Å². The molecule has 0 unspecified atom stereocenters. The van der Waals surface area contributed by atoms with Gasteiger partial charge in [0.05, 0.1) is 12.7 Å². The van der Waals surface area contributed by atoms with Gasteiger partial charge in [-0.05, 0) is 44.2 Å². The molecule has 0 bridgehead atoms. The number of ether oxygens (including phenoxy) is 1. The van der Waals surface area contributed by atoms with Crippen molar-refractivity contribution in [2.75, 3.05) is 13.2 Å². The number of aryl methyl sites for hydroxylation is 1. The summed E-state index contributed by atoms with van der Waals surface area (Å²) < 4.78 is 5.76. The van der Waals surface area contributed by atoms with Crippen molar-refractivity contribution < 1.29 is 9.53 Å². The fraction of sp³-hybridized carbons (Fsp3) is 0.625. The van der Waals surface area contributed by atoms with E-state index in [1.807, 2.05) is 18.2 Å². The molecule has 1 aliphatic carbocycles. The number of hydrogen-bond donors (Lipinski definition) is 2. The van der Waals surface area contributed by atoms with E-state index in [1.165, 1.54) is 0 Å². The Morgan fingerprint density at radius 2 is 2.14 bits per heavy atom. The lowest BCUT2D eigenvalue weighted by molar-refractivity contribution is -0.121. The van der Waals surface area contributed by atoms with Crippen LogP contribution in [-0.4, -0.2) is 36.2 Å². The minimum Gasteiger partial charge on any atom is -0.376 e. The highest BCUT2D eigenvalue weighted by molar-refractivity contribution is 5.76. The maximum Gasteiger partial charge on any atom is 0.220 e. The molecular weight excluding hydrogens is 266 g/mol. The van der Waals surface area contributed by atoms with Gasteiger partial charge in [-0.2, -0.15) is 0 Å². The number of nitrogens with zero attached hydrogens (tertiary/aromatic N) is 1. The largest absolute Gasteiger partial charge is 0.376 e. The molecule has 3 N–H and O–H groups in total. The lowest BCUT2D eigenvalue weighted by atomic mass is 9.94. The van der Waals surface area contributed by atoms with Crippen molar-refractivity contribution in [3.8, 4) is 0 Å². The number of rotatable bonds is 7. The number of nitrogens with two attached hydrogens (primary N) is 1. The first-order chi connectivity index (χ1) is 10.2. The van der Waals surface area contributed by atoms with E-state index in [2.05, 4.69) is 10.3 Å². The Morgan fingerprint density at radius 3 is 2.86 bits per heavy atom. The van der Waals surface area contributed by atoms with Gasteiger partial charge in [-0.1, -0.05) is 6.07 Å². The molecule has 1 heterocycles. The third kappa shape index (κ3) is 6.23. The van der Waals surface area contributed by atoms with Gasteiger partial charge in [-0.3, -0.25) is 9.78 Å². The van der Waals surface area contributed by atoms with Crippen molar-refractivity contribution in [3.05, 3.63) is 30.1 Å². The van der Waals surface area contributed by atoms with Crippen molar-refractivity contribution in [2.24, 2.45) is 5.73 Å². The molecular formula is C16H25N3O2. The molecule has 5 heteroatoms. The predicted molar refractivity (Wildman–Crippen MR) is 81.8 cm³/mol. The third-order valence-corrected chi connectivity index (χ3v) is 3.83. The predicted octanol–water partition coefficient (Wildman–Crippen LogP) is 1.42. The fourth-order valence-corrected chi connectivity index (χ4v) is 2.55. The second kappa shape index (κ2) is 8.74. The van der Waals surface area contributed by atoms with Crippen LogP contribution in [0.4, 0.5) is 0 Å². The standard InChI is InChI=1S/C16H25N3O2/c17-13-4-7-15(8-5-13)21-12-11-19-16(20)9-6-14-3-1-2-10-18-14/h1-3,10,13,15H,4-9,11-12,17H2,(H,19,20). The van der Waals surface area contributed by atoms with Gasteiger partial charge < -0.3 is 15.8 Å². The maximum absolute atomic E-state index is 11.7. The van der Waals surface area contributed by atoms with Crippen LogP contribution in [0.1, 0.15) is 37.8 Å². The van der Waals surface area contributed by atoms with Crippen LogP contribution in [0.15, 0.2) is 24.4 Å². The number of carbonyl (C=O) groups excluding carboxylic acids is 1. The highest BCUT2D eigenvalue weighted by Crippen LogP contribution is 2.19. The van der Waals surface area contributed by atoms with Crippen LogP contribution < -0.4 is 11.1 Å². The van der Waals surface area contributed by atoms with Crippen molar-refractivity contribution in [3.63, 3.8) is 0 Å². The fourth-order valence-electron chi connectivity index (χ4n) is 2.55. The summed E-state index contributed by atoms with van der Waals surface area (Å²) in [4.78, 5) is 15.9. The van der Waals surface area contributed by atoms with Crippen LogP contribution in [0.25, 0.3) is 0 Å². The van der Waals surface area contributed by atoms with E-state index in [0.717, 1.165) is 31.4 Å². The summed E-state index contributed by atoms with van der Waals surface area (Å²) in [7, 11) is 0. The summed E-state index contributed by atoms with van der Waals surface area (Å²) in [6, 6.07) is 6.09. The first-order valence-electron chi connectivity index (χ1n) is 7.78. The Bertz CT molecular complexity index is 417. The molecule has 0 radical (unpaired) electrons. The molecule has 1 aromatic heterocycles. The van der Waals surface area contributed by atoms with Crippen molar-refractivity contribution in [1.82, 2.24) is 10.3 Å². The van der Waals surface area contributed by atoms with Crippen molar-refractivity contribution in [2.45, 2.75) is 50.7 Å². The summed E-state index contributed by atoms with van der Waals surface area (Å²) in [5, 5.41) is 2.88. The van der Waals surface area contributed by atoms with Crippen LogP contribution in [-0.2, 0) is 16.0 Å². The molecule has 0 atom stereocenters. The Hall–Kier alpha value is -1.46. The Kier molecular flexibility index (Phi) is 6.63. The molecule has 2 rings (SSSR count). The Labute approximate surface area is 126 Å². The molecule has 1 fully saturated rings. The SMILES string of the molecule is NC1CCC(OCCNC(=O)CCc2ccccn2)CC1. The van der Waals surface area contributed by atoms with Crippen LogP contribution in [0.3, 0.4) is 0 Å². The third-order valence-electron chi connectivity index (χ3n) is 3.83. The maximum atomic E-state index is 11.7. The van der Waals surface area contributed by atoms with Gasteiger partial charge >= 0.3 is 0 Å². The number of hydrogen-bond acceptors (Lipinski definition) is 4. The number of nitrogens with one attached hydrogen (secondary N) is 1. The van der Waals surface area contributed by atoms with Gasteiger partial charge in [-0.15, -0.1) is 0 Å². The summed E-state index contributed by atoms with van der Waals surface area (Å²) in [6.07, 6.45) is 7.36. The number of amides is 1. The second-order valence-electron chi connectivity index (χ2n) is 5.58. The smallest absolute Gasteiger partial charge is 0.220 e. The molecule has 0 aliphatic heterocycles. The zero-order valence-electron chi connectivity index (χ0n) is 12.5. The quantitative estimate of drug-likeness (QED) is 0.745. The number of pyridine rings is 1. The topological polar surface area (TPSA) is 77.2 Å². The highest BCUT2D eigenvalue weighted by atomic mass is 16.5. The number of carbonyl (C=O) groups is 1. The van der Waals surface area contributed by atoms with Gasteiger partial charge in [-0.25, -0.2) is 0 Å². The molecule has 21 heavy (non-hydrogen) atoms. The lowest BCUT2D eigenvalue weighted by Crippen LogP contribution is -2.33. The minimum absolute atomic E-state index is 0.0509. The van der Waals surface area contributed by atoms with Crippen molar-refractivity contribution >= 4 is 5.91 Å². The highest BCUT2D eigenvalue weighted by Gasteiger charge is 2.18. The van der Waals surface area contributed by atoms with Crippen LogP contribution in [0.5, 0.6) is 0 Å². The van der Waals surface area contributed by atoms with Crippen molar-refractivity contribution in [1.29, 1.82) is 0 Å². The molecule has 1 saturated carbocycles. The summed E-state index contributed by atoms with van der Waals surface area (Å²) in [5.41, 5.74) is 6.80. The Balaban J connectivity index is 1.51. The Morgan fingerprint density at radius 1 is 1.33 bits per heavy atom. The molecule has 5 nitrogen and oxygen atoms in total. The minimum atomic E-state index is 0.0509. The van der Waals surface area contributed by atoms with E-state index in [-0.39, 0.29) is 5.91 Å². The van der Waals surface area contributed by atoms with Gasteiger partial charge in [0.2, 0.25) is 5.91 Å². The van der Waals surface area contributed by atoms with E-state index in [4.69, 9.17) is 10.5 Å². The molecule has 1 amide bonds. The zero-order valence-corrected chi connectivity index (χ0v) is 12.5. The normalized spacial score (nSPS) is 22.0. The summed E-state index contributed by atoms with van der Waals surface area (Å²) in [5.74, 6) is 0.0509. The van der Waals surface area contributed by atoms with E-state index in [0.29, 0.717) is 38.1 Å². The molecule has 0 aromatic carbocycles. The van der Waals surface area contributed by atoms with Gasteiger partial charge in [0.1, 0.15) is 0 Å². The summed E-state index contributed by atoms with van der Waals surface area (Å²) >= 11 is 0. The molecule has 0 spiro atoms. The first kappa shape index (κ1) is 15.9.